The van der Waals surface area contributed by atoms with Crippen LogP contribution in [0.3, 0.4) is 0 Å². The third kappa shape index (κ3) is 4.09. The molecule has 1 aliphatic heterocycles. The number of rotatable bonds is 5. The van der Waals surface area contributed by atoms with Crippen LogP contribution in [0.25, 0.3) is 0 Å². The number of ether oxygens (including phenoxy) is 1. The number of aromatic nitrogens is 1. The van der Waals surface area contributed by atoms with Crippen molar-refractivity contribution >= 4 is 0 Å². The molecule has 1 saturated heterocycles. The number of benzene rings is 1. The molecule has 1 aromatic heterocycles. The Labute approximate surface area is 141 Å². The molecular formula is C19H22F2N2O. The van der Waals surface area contributed by atoms with Gasteiger partial charge in [0.05, 0.1) is 6.61 Å². The lowest BCUT2D eigenvalue weighted by molar-refractivity contribution is 0.0516. The molecule has 1 fully saturated rings. The van der Waals surface area contributed by atoms with Gasteiger partial charge in [0.2, 0.25) is 0 Å². The van der Waals surface area contributed by atoms with Crippen molar-refractivity contribution in [3.63, 3.8) is 0 Å². The van der Waals surface area contributed by atoms with Crippen molar-refractivity contribution in [2.24, 2.45) is 5.41 Å². The predicted octanol–water partition coefficient (Wildman–Crippen LogP) is 4.04. The van der Waals surface area contributed by atoms with Gasteiger partial charge in [-0.05, 0) is 37.6 Å². The van der Waals surface area contributed by atoms with Crippen LogP contribution in [0, 0.1) is 17.0 Å². The first-order chi connectivity index (χ1) is 11.6. The highest BCUT2D eigenvalue weighted by Crippen LogP contribution is 2.31. The first-order valence-corrected chi connectivity index (χ1v) is 8.24. The Kier molecular flexibility index (Phi) is 5.09. The Morgan fingerprint density at radius 1 is 1.21 bits per heavy atom. The van der Waals surface area contributed by atoms with Gasteiger partial charge in [0.15, 0.2) is 11.6 Å². The van der Waals surface area contributed by atoms with E-state index in [1.807, 2.05) is 12.1 Å². The minimum absolute atomic E-state index is 0.00861. The molecule has 3 nitrogen and oxygen atoms in total. The molecule has 1 aromatic carbocycles. The average molecular weight is 332 g/mol. The van der Waals surface area contributed by atoms with E-state index in [2.05, 4.69) is 16.8 Å². The van der Waals surface area contributed by atoms with Crippen LogP contribution < -0.4 is 4.74 Å². The van der Waals surface area contributed by atoms with Crippen LogP contribution >= 0.6 is 0 Å². The second-order valence-electron chi connectivity index (χ2n) is 6.81. The lowest BCUT2D eigenvalue weighted by atomic mass is 9.82. The molecule has 24 heavy (non-hydrogen) atoms. The standard InChI is InChI=1S/C19H22F2N2O/c1-19(14-24-16-6-9-22-10-7-16)8-3-11-23(13-19)12-15-4-2-5-17(20)18(15)21/h2,4-7,9-10H,3,8,11-14H2,1H3. The molecule has 2 heterocycles. The van der Waals surface area contributed by atoms with Gasteiger partial charge in [-0.15, -0.1) is 0 Å². The first kappa shape index (κ1) is 16.8. The van der Waals surface area contributed by atoms with Gasteiger partial charge in [-0.1, -0.05) is 19.1 Å². The van der Waals surface area contributed by atoms with Gasteiger partial charge in [-0.25, -0.2) is 8.78 Å². The van der Waals surface area contributed by atoms with E-state index < -0.39 is 11.6 Å². The largest absolute Gasteiger partial charge is 0.493 e. The van der Waals surface area contributed by atoms with E-state index in [0.717, 1.165) is 37.7 Å². The van der Waals surface area contributed by atoms with E-state index in [9.17, 15) is 8.78 Å². The number of piperidine rings is 1. The minimum atomic E-state index is -0.784. The molecule has 0 amide bonds. The third-order valence-electron chi connectivity index (χ3n) is 4.52. The lowest BCUT2D eigenvalue weighted by Crippen LogP contribution is -2.44. The molecule has 2 aromatic rings. The van der Waals surface area contributed by atoms with Crippen LogP contribution in [0.15, 0.2) is 42.7 Å². The fourth-order valence-electron chi connectivity index (χ4n) is 3.28. The maximum absolute atomic E-state index is 13.9. The zero-order valence-electron chi connectivity index (χ0n) is 13.8. The number of hydrogen-bond donors (Lipinski definition) is 0. The smallest absolute Gasteiger partial charge is 0.163 e. The van der Waals surface area contributed by atoms with Crippen molar-refractivity contribution in [3.05, 3.63) is 59.9 Å². The molecule has 0 aliphatic carbocycles. The Morgan fingerprint density at radius 3 is 2.79 bits per heavy atom. The predicted molar refractivity (Wildman–Crippen MR) is 88.7 cm³/mol. The number of nitrogens with zero attached hydrogens (tertiary/aromatic N) is 2. The van der Waals surface area contributed by atoms with E-state index in [1.54, 1.807) is 24.5 Å². The van der Waals surface area contributed by atoms with Gasteiger partial charge >= 0.3 is 0 Å². The van der Waals surface area contributed by atoms with Crippen molar-refractivity contribution < 1.29 is 13.5 Å². The summed E-state index contributed by atoms with van der Waals surface area (Å²) < 4.78 is 33.2. The minimum Gasteiger partial charge on any atom is -0.493 e. The number of halogens is 2. The van der Waals surface area contributed by atoms with Gasteiger partial charge in [0.1, 0.15) is 5.75 Å². The summed E-state index contributed by atoms with van der Waals surface area (Å²) >= 11 is 0. The fourth-order valence-corrected chi connectivity index (χ4v) is 3.28. The summed E-state index contributed by atoms with van der Waals surface area (Å²) in [6.07, 6.45) is 5.49. The molecule has 0 saturated carbocycles. The molecule has 3 rings (SSSR count). The Hall–Kier alpha value is -2.01. The van der Waals surface area contributed by atoms with Crippen molar-refractivity contribution in [3.8, 4) is 5.75 Å². The highest BCUT2D eigenvalue weighted by molar-refractivity contribution is 5.19. The summed E-state index contributed by atoms with van der Waals surface area (Å²) in [5.74, 6) is -0.717. The second-order valence-corrected chi connectivity index (χ2v) is 6.81. The number of pyridine rings is 1. The summed E-state index contributed by atoms with van der Waals surface area (Å²) in [5.41, 5.74) is 0.403. The zero-order chi connectivity index (χ0) is 17.0. The third-order valence-corrected chi connectivity index (χ3v) is 4.52. The van der Waals surface area contributed by atoms with Crippen LogP contribution in [0.2, 0.25) is 0 Å². The maximum Gasteiger partial charge on any atom is 0.163 e. The average Bonchev–Trinajstić information content (AvgIpc) is 2.58. The van der Waals surface area contributed by atoms with Crippen LogP contribution in [0.1, 0.15) is 25.3 Å². The molecule has 1 unspecified atom stereocenters. The molecule has 0 bridgehead atoms. The molecule has 1 aliphatic rings. The van der Waals surface area contributed by atoms with E-state index in [4.69, 9.17) is 4.74 Å². The molecule has 0 N–H and O–H groups in total. The van der Waals surface area contributed by atoms with Crippen molar-refractivity contribution in [1.29, 1.82) is 0 Å². The lowest BCUT2D eigenvalue weighted by Gasteiger charge is -2.40. The van der Waals surface area contributed by atoms with Crippen LogP contribution in [0.4, 0.5) is 8.78 Å². The molecule has 5 heteroatoms. The molecule has 1 atom stereocenters. The van der Waals surface area contributed by atoms with Crippen LogP contribution in [-0.4, -0.2) is 29.6 Å². The Morgan fingerprint density at radius 2 is 2.00 bits per heavy atom. The molecule has 0 radical (unpaired) electrons. The summed E-state index contributed by atoms with van der Waals surface area (Å²) in [5, 5.41) is 0. The summed E-state index contributed by atoms with van der Waals surface area (Å²) in [6.45, 7) is 4.89. The second kappa shape index (κ2) is 7.26. The monoisotopic (exact) mass is 332 g/mol. The van der Waals surface area contributed by atoms with Gasteiger partial charge in [-0.2, -0.15) is 0 Å². The Bertz CT molecular complexity index is 680. The van der Waals surface area contributed by atoms with Gasteiger partial charge in [0.25, 0.3) is 0 Å². The SMILES string of the molecule is CC1(COc2ccncc2)CCCN(Cc2cccc(F)c2F)C1. The Balaban J connectivity index is 1.62. The summed E-state index contributed by atoms with van der Waals surface area (Å²) in [7, 11) is 0. The highest BCUT2D eigenvalue weighted by Gasteiger charge is 2.32. The fraction of sp³-hybridized carbons (Fsp3) is 0.421. The van der Waals surface area contributed by atoms with Crippen molar-refractivity contribution in [2.45, 2.75) is 26.3 Å². The van der Waals surface area contributed by atoms with Crippen LogP contribution in [0.5, 0.6) is 5.75 Å². The van der Waals surface area contributed by atoms with Crippen molar-refractivity contribution in [1.82, 2.24) is 9.88 Å². The van der Waals surface area contributed by atoms with Crippen LogP contribution in [-0.2, 0) is 6.54 Å². The number of likely N-dealkylation sites (tertiary alicyclic amines) is 1. The van der Waals surface area contributed by atoms with E-state index in [-0.39, 0.29) is 5.41 Å². The highest BCUT2D eigenvalue weighted by atomic mass is 19.2. The van der Waals surface area contributed by atoms with Gasteiger partial charge in [-0.3, -0.25) is 9.88 Å². The quantitative estimate of drug-likeness (QED) is 0.826. The van der Waals surface area contributed by atoms with E-state index in [1.165, 1.54) is 0 Å². The van der Waals surface area contributed by atoms with E-state index in [0.29, 0.717) is 18.7 Å². The van der Waals surface area contributed by atoms with Gasteiger partial charge < -0.3 is 4.74 Å². The zero-order valence-corrected chi connectivity index (χ0v) is 13.8. The van der Waals surface area contributed by atoms with Gasteiger partial charge in [0, 0.05) is 36.5 Å². The molecule has 128 valence electrons. The van der Waals surface area contributed by atoms with Crippen molar-refractivity contribution in [2.75, 3.05) is 19.7 Å². The topological polar surface area (TPSA) is 25.4 Å². The molecule has 0 spiro atoms. The maximum atomic E-state index is 13.9. The summed E-state index contributed by atoms with van der Waals surface area (Å²) in [4.78, 5) is 6.16. The first-order valence-electron chi connectivity index (χ1n) is 8.24. The normalized spacial score (nSPS) is 21.6. The molecular weight excluding hydrogens is 310 g/mol. The van der Waals surface area contributed by atoms with E-state index >= 15 is 0 Å². The summed E-state index contributed by atoms with van der Waals surface area (Å²) in [6, 6.07) is 8.04. The number of hydrogen-bond acceptors (Lipinski definition) is 3.